The van der Waals surface area contributed by atoms with Crippen molar-refractivity contribution in [1.29, 1.82) is 0 Å². The van der Waals surface area contributed by atoms with Crippen molar-refractivity contribution in [1.82, 2.24) is 0 Å². The molecule has 2 N–H and O–H groups in total. The van der Waals surface area contributed by atoms with E-state index in [1.54, 1.807) is 0 Å². The summed E-state index contributed by atoms with van der Waals surface area (Å²) in [5, 5.41) is 0. The highest BCUT2D eigenvalue weighted by Crippen LogP contribution is 2.11. The smallest absolute Gasteiger partial charge is 0.00618 e. The second-order valence-corrected chi connectivity index (χ2v) is 4.59. The molecule has 0 aromatic rings. The average Bonchev–Trinajstić information content (AvgIpc) is 1.97. The van der Waals surface area contributed by atoms with Crippen LogP contribution in [-0.2, 0) is 0 Å². The Balaban J connectivity index is 3.20. The highest BCUT2D eigenvalue weighted by Gasteiger charge is 2.06. The molecule has 0 saturated heterocycles. The van der Waals surface area contributed by atoms with Gasteiger partial charge in [0.15, 0.2) is 0 Å². The standard InChI is InChI=1S/C11H25N/c1-9(2)7-5-6-8-11(12)10(3)4/h9-11H,5-8,12H2,1-4H3/t11-/m1/s1. The Bertz CT molecular complexity index is 97.2. The molecule has 0 bridgehead atoms. The summed E-state index contributed by atoms with van der Waals surface area (Å²) in [5.41, 5.74) is 5.93. The Morgan fingerprint density at radius 2 is 1.42 bits per heavy atom. The van der Waals surface area contributed by atoms with Gasteiger partial charge < -0.3 is 5.73 Å². The van der Waals surface area contributed by atoms with Gasteiger partial charge in [0.25, 0.3) is 0 Å². The van der Waals surface area contributed by atoms with Crippen molar-refractivity contribution in [2.24, 2.45) is 17.6 Å². The van der Waals surface area contributed by atoms with Crippen molar-refractivity contribution in [3.8, 4) is 0 Å². The van der Waals surface area contributed by atoms with Gasteiger partial charge >= 0.3 is 0 Å². The molecule has 0 spiro atoms. The minimum Gasteiger partial charge on any atom is -0.327 e. The lowest BCUT2D eigenvalue weighted by molar-refractivity contribution is 0.430. The van der Waals surface area contributed by atoms with Gasteiger partial charge in [0.1, 0.15) is 0 Å². The van der Waals surface area contributed by atoms with Gasteiger partial charge in [-0.25, -0.2) is 0 Å². The van der Waals surface area contributed by atoms with E-state index in [9.17, 15) is 0 Å². The van der Waals surface area contributed by atoms with Gasteiger partial charge in [0.2, 0.25) is 0 Å². The summed E-state index contributed by atoms with van der Waals surface area (Å²) in [7, 11) is 0. The maximum Gasteiger partial charge on any atom is 0.00618 e. The fourth-order valence-corrected chi connectivity index (χ4v) is 1.27. The van der Waals surface area contributed by atoms with Gasteiger partial charge in [-0.05, 0) is 18.3 Å². The second kappa shape index (κ2) is 6.47. The Hall–Kier alpha value is -0.0400. The second-order valence-electron chi connectivity index (χ2n) is 4.59. The Labute approximate surface area is 77.7 Å². The summed E-state index contributed by atoms with van der Waals surface area (Å²) in [5.74, 6) is 1.49. The lowest BCUT2D eigenvalue weighted by Gasteiger charge is -2.15. The van der Waals surface area contributed by atoms with Crippen molar-refractivity contribution in [2.75, 3.05) is 0 Å². The molecule has 1 nitrogen and oxygen atoms in total. The molecular formula is C11H25N. The third-order valence-corrected chi connectivity index (χ3v) is 2.43. The summed E-state index contributed by atoms with van der Waals surface area (Å²) in [6.45, 7) is 8.96. The summed E-state index contributed by atoms with van der Waals surface area (Å²) >= 11 is 0. The van der Waals surface area contributed by atoms with Gasteiger partial charge in [0, 0.05) is 6.04 Å². The van der Waals surface area contributed by atoms with Crippen LogP contribution in [0.5, 0.6) is 0 Å². The molecule has 12 heavy (non-hydrogen) atoms. The van der Waals surface area contributed by atoms with Gasteiger partial charge in [0.05, 0.1) is 0 Å². The molecular weight excluding hydrogens is 146 g/mol. The molecule has 1 heteroatoms. The maximum atomic E-state index is 5.93. The highest BCUT2D eigenvalue weighted by atomic mass is 14.6. The van der Waals surface area contributed by atoms with Crippen molar-refractivity contribution < 1.29 is 0 Å². The third-order valence-electron chi connectivity index (χ3n) is 2.43. The molecule has 0 fully saturated rings. The van der Waals surface area contributed by atoms with Crippen molar-refractivity contribution in [2.45, 2.75) is 59.4 Å². The first-order valence-electron chi connectivity index (χ1n) is 5.29. The quantitative estimate of drug-likeness (QED) is 0.610. The Morgan fingerprint density at radius 3 is 1.83 bits per heavy atom. The summed E-state index contributed by atoms with van der Waals surface area (Å²) in [6, 6.07) is 0.414. The molecule has 0 radical (unpaired) electrons. The molecule has 0 saturated carbocycles. The fraction of sp³-hybridized carbons (Fsp3) is 1.00. The van der Waals surface area contributed by atoms with Crippen LogP contribution in [0.2, 0.25) is 0 Å². The van der Waals surface area contributed by atoms with Crippen LogP contribution in [0.4, 0.5) is 0 Å². The molecule has 0 aliphatic rings. The average molecular weight is 171 g/mol. The first-order valence-corrected chi connectivity index (χ1v) is 5.29. The van der Waals surface area contributed by atoms with E-state index in [-0.39, 0.29) is 0 Å². The zero-order valence-corrected chi connectivity index (χ0v) is 9.14. The lowest BCUT2D eigenvalue weighted by Crippen LogP contribution is -2.25. The van der Waals surface area contributed by atoms with Crippen LogP contribution in [-0.4, -0.2) is 6.04 Å². The molecule has 0 unspecified atom stereocenters. The van der Waals surface area contributed by atoms with E-state index in [4.69, 9.17) is 5.73 Å². The SMILES string of the molecule is CC(C)CCCC[C@@H](N)C(C)C. The van der Waals surface area contributed by atoms with E-state index in [0.29, 0.717) is 12.0 Å². The monoisotopic (exact) mass is 171 g/mol. The van der Waals surface area contributed by atoms with Gasteiger partial charge in [-0.1, -0.05) is 47.0 Å². The number of hydrogen-bond donors (Lipinski definition) is 1. The van der Waals surface area contributed by atoms with Gasteiger partial charge in [-0.3, -0.25) is 0 Å². The molecule has 0 amide bonds. The van der Waals surface area contributed by atoms with Gasteiger partial charge in [-0.2, -0.15) is 0 Å². The molecule has 0 aromatic heterocycles. The third kappa shape index (κ3) is 6.66. The largest absolute Gasteiger partial charge is 0.327 e. The van der Waals surface area contributed by atoms with Crippen LogP contribution in [0.3, 0.4) is 0 Å². The molecule has 1 atom stereocenters. The van der Waals surface area contributed by atoms with Crippen LogP contribution < -0.4 is 5.73 Å². The lowest BCUT2D eigenvalue weighted by atomic mass is 9.97. The predicted octanol–water partition coefficient (Wildman–Crippen LogP) is 3.19. The Morgan fingerprint density at radius 1 is 0.917 bits per heavy atom. The van der Waals surface area contributed by atoms with Crippen LogP contribution >= 0.6 is 0 Å². The van der Waals surface area contributed by atoms with Crippen LogP contribution in [0.15, 0.2) is 0 Å². The van der Waals surface area contributed by atoms with E-state index in [1.807, 2.05) is 0 Å². The van der Waals surface area contributed by atoms with Gasteiger partial charge in [-0.15, -0.1) is 0 Å². The molecule has 0 heterocycles. The topological polar surface area (TPSA) is 26.0 Å². The summed E-state index contributed by atoms with van der Waals surface area (Å²) in [6.07, 6.45) is 5.20. The molecule has 0 aliphatic carbocycles. The fourth-order valence-electron chi connectivity index (χ4n) is 1.27. The summed E-state index contributed by atoms with van der Waals surface area (Å²) < 4.78 is 0. The zero-order chi connectivity index (χ0) is 9.56. The van der Waals surface area contributed by atoms with E-state index in [2.05, 4.69) is 27.7 Å². The van der Waals surface area contributed by atoms with Crippen molar-refractivity contribution in [3.05, 3.63) is 0 Å². The molecule has 0 aliphatic heterocycles. The van der Waals surface area contributed by atoms with Crippen LogP contribution in [0.1, 0.15) is 53.4 Å². The van der Waals surface area contributed by atoms with E-state index in [0.717, 1.165) is 5.92 Å². The van der Waals surface area contributed by atoms with Crippen molar-refractivity contribution >= 4 is 0 Å². The maximum absolute atomic E-state index is 5.93. The van der Waals surface area contributed by atoms with Crippen LogP contribution in [0, 0.1) is 11.8 Å². The minimum absolute atomic E-state index is 0.414. The molecule has 74 valence electrons. The molecule has 0 rings (SSSR count). The first-order chi connectivity index (χ1) is 5.54. The van der Waals surface area contributed by atoms with Crippen LogP contribution in [0.25, 0.3) is 0 Å². The number of nitrogens with two attached hydrogens (primary N) is 1. The van der Waals surface area contributed by atoms with E-state index >= 15 is 0 Å². The molecule has 0 aromatic carbocycles. The predicted molar refractivity (Wildman–Crippen MR) is 56.1 cm³/mol. The van der Waals surface area contributed by atoms with Crippen molar-refractivity contribution in [3.63, 3.8) is 0 Å². The normalized spacial score (nSPS) is 14.2. The summed E-state index contributed by atoms with van der Waals surface area (Å²) in [4.78, 5) is 0. The number of rotatable bonds is 6. The Kier molecular flexibility index (Phi) is 6.45. The number of unbranched alkanes of at least 4 members (excludes halogenated alkanes) is 1. The minimum atomic E-state index is 0.414. The highest BCUT2D eigenvalue weighted by molar-refractivity contribution is 4.64. The van der Waals surface area contributed by atoms with E-state index < -0.39 is 0 Å². The number of hydrogen-bond acceptors (Lipinski definition) is 1. The first kappa shape index (κ1) is 12.0. The zero-order valence-electron chi connectivity index (χ0n) is 9.14. The van der Waals surface area contributed by atoms with E-state index in [1.165, 1.54) is 25.7 Å².